The van der Waals surface area contributed by atoms with E-state index in [1.165, 1.54) is 56.6 Å². The van der Waals surface area contributed by atoms with Gasteiger partial charge in [0.1, 0.15) is 0 Å². The van der Waals surface area contributed by atoms with E-state index in [1.807, 2.05) is 22.7 Å². The van der Waals surface area contributed by atoms with E-state index < -0.39 is 0 Å². The molecule has 2 saturated heterocycles. The minimum absolute atomic E-state index is 0. The fourth-order valence-corrected chi connectivity index (χ4v) is 6.83. The predicted octanol–water partition coefficient (Wildman–Crippen LogP) is 2.88. The number of thiophene rings is 2. The molecule has 2 aliphatic heterocycles. The molecule has 2 aromatic rings. The lowest BCUT2D eigenvalue weighted by atomic mass is 9.87. The highest BCUT2D eigenvalue weighted by molar-refractivity contribution is 7.14. The number of allylic oxidation sites excluding steroid dienone is 1. The second-order valence-electron chi connectivity index (χ2n) is 8.19. The molecule has 2 fully saturated rings. The molecule has 4 rings (SSSR count). The second-order valence-corrected chi connectivity index (χ2v) is 10.0. The number of quaternary nitrogens is 1. The van der Waals surface area contributed by atoms with Crippen LogP contribution in [-0.4, -0.2) is 30.7 Å². The fraction of sp³-hybridized carbons (Fsp3) is 0.524. The molecule has 25 heavy (non-hydrogen) atoms. The average Bonchev–Trinajstić information content (AvgIpc) is 3.15. The van der Waals surface area contributed by atoms with Gasteiger partial charge in [0.05, 0.1) is 26.2 Å². The van der Waals surface area contributed by atoms with Gasteiger partial charge >= 0.3 is 0 Å². The van der Waals surface area contributed by atoms with Gasteiger partial charge in [0.2, 0.25) is 0 Å². The van der Waals surface area contributed by atoms with Gasteiger partial charge in [0.15, 0.2) is 0 Å². The Labute approximate surface area is 170 Å². The molecule has 0 unspecified atom stereocenters. The number of nitrogens with zero attached hydrogens (tertiary/aromatic N) is 1. The largest absolute Gasteiger partial charge is 1.00 e. The second kappa shape index (κ2) is 7.30. The molecule has 0 amide bonds. The van der Waals surface area contributed by atoms with Gasteiger partial charge in [-0.15, -0.1) is 22.7 Å². The number of aryl methyl sites for hydroxylation is 2. The minimum Gasteiger partial charge on any atom is -1.00 e. The first kappa shape index (κ1) is 19.3. The van der Waals surface area contributed by atoms with E-state index in [0.29, 0.717) is 0 Å². The SMILES string of the molecule is Cc1ccsc1C(=CC1C[C@@H]2CC[C@@H](C1)[N+]2(C)C)c1sccc1C.[Br-]. The van der Waals surface area contributed by atoms with E-state index in [-0.39, 0.29) is 17.0 Å². The van der Waals surface area contributed by atoms with E-state index in [0.717, 1.165) is 18.0 Å². The van der Waals surface area contributed by atoms with E-state index in [2.05, 4.69) is 56.9 Å². The van der Waals surface area contributed by atoms with E-state index in [9.17, 15) is 0 Å². The lowest BCUT2D eigenvalue weighted by Crippen LogP contribution is -3.00. The molecule has 0 saturated carbocycles. The van der Waals surface area contributed by atoms with Gasteiger partial charge in [-0.1, -0.05) is 6.08 Å². The van der Waals surface area contributed by atoms with Crippen molar-refractivity contribution in [3.63, 3.8) is 0 Å². The quantitative estimate of drug-likeness (QED) is 0.647. The maximum atomic E-state index is 2.64. The van der Waals surface area contributed by atoms with Crippen LogP contribution in [0.4, 0.5) is 0 Å². The van der Waals surface area contributed by atoms with Crippen molar-refractivity contribution in [2.45, 2.75) is 51.6 Å². The van der Waals surface area contributed by atoms with Crippen molar-refractivity contribution in [2.75, 3.05) is 14.1 Å². The molecule has 136 valence electrons. The third-order valence-electron chi connectivity index (χ3n) is 6.48. The lowest BCUT2D eigenvalue weighted by molar-refractivity contribution is -0.931. The first-order valence-electron chi connectivity index (χ1n) is 9.11. The molecular weight excluding hydrogens is 410 g/mol. The summed E-state index contributed by atoms with van der Waals surface area (Å²) in [5.74, 6) is 0.742. The Morgan fingerprint density at radius 3 is 1.84 bits per heavy atom. The lowest BCUT2D eigenvalue weighted by Gasteiger charge is -2.43. The summed E-state index contributed by atoms with van der Waals surface area (Å²) in [5.41, 5.74) is 4.36. The first-order valence-corrected chi connectivity index (χ1v) is 10.9. The summed E-state index contributed by atoms with van der Waals surface area (Å²) < 4.78 is 1.26. The highest BCUT2D eigenvalue weighted by atomic mass is 79.9. The van der Waals surface area contributed by atoms with Crippen LogP contribution in [0.15, 0.2) is 29.0 Å². The summed E-state index contributed by atoms with van der Waals surface area (Å²) in [6, 6.07) is 6.25. The summed E-state index contributed by atoms with van der Waals surface area (Å²) in [5, 5.41) is 4.48. The summed E-state index contributed by atoms with van der Waals surface area (Å²) in [6.07, 6.45) is 8.21. The maximum Gasteiger partial charge on any atom is 0.0896 e. The number of hydrogen-bond donors (Lipinski definition) is 0. The van der Waals surface area contributed by atoms with Crippen molar-refractivity contribution in [2.24, 2.45) is 5.92 Å². The normalized spacial score (nSPS) is 27.0. The third kappa shape index (κ3) is 3.43. The highest BCUT2D eigenvalue weighted by Crippen LogP contribution is 2.45. The average molecular weight is 439 g/mol. The van der Waals surface area contributed by atoms with Gasteiger partial charge in [-0.25, -0.2) is 0 Å². The van der Waals surface area contributed by atoms with Crippen LogP contribution in [0.2, 0.25) is 0 Å². The molecule has 2 aliphatic rings. The molecule has 4 heteroatoms. The zero-order chi connectivity index (χ0) is 16.9. The van der Waals surface area contributed by atoms with Crippen LogP contribution in [0.3, 0.4) is 0 Å². The zero-order valence-electron chi connectivity index (χ0n) is 15.6. The van der Waals surface area contributed by atoms with Gasteiger partial charge < -0.3 is 21.5 Å². The van der Waals surface area contributed by atoms with Gasteiger partial charge in [-0.3, -0.25) is 0 Å². The van der Waals surface area contributed by atoms with Crippen molar-refractivity contribution in [3.05, 3.63) is 49.9 Å². The molecule has 0 aliphatic carbocycles. The molecule has 2 aromatic heterocycles. The number of fused-ring (bicyclic) bond motifs is 2. The van der Waals surface area contributed by atoms with Crippen LogP contribution < -0.4 is 17.0 Å². The summed E-state index contributed by atoms with van der Waals surface area (Å²) in [4.78, 5) is 2.96. The first-order chi connectivity index (χ1) is 11.5. The number of piperidine rings is 1. The Balaban J connectivity index is 0.00000182. The molecule has 0 spiro atoms. The summed E-state index contributed by atoms with van der Waals surface area (Å²) >= 11 is 3.81. The molecular formula is C21H28BrNS2. The van der Waals surface area contributed by atoms with Crippen LogP contribution in [0.5, 0.6) is 0 Å². The smallest absolute Gasteiger partial charge is 0.0896 e. The number of halogens is 1. The predicted molar refractivity (Wildman–Crippen MR) is 107 cm³/mol. The minimum atomic E-state index is 0. The van der Waals surface area contributed by atoms with Crippen LogP contribution in [0.25, 0.3) is 5.57 Å². The third-order valence-corrected chi connectivity index (χ3v) is 8.58. The maximum absolute atomic E-state index is 2.64. The van der Waals surface area contributed by atoms with E-state index >= 15 is 0 Å². The molecule has 4 heterocycles. The number of hydrogen-bond acceptors (Lipinski definition) is 2. The van der Waals surface area contributed by atoms with Gasteiger partial charge in [-0.05, 0) is 53.8 Å². The van der Waals surface area contributed by atoms with Gasteiger partial charge in [0.25, 0.3) is 0 Å². The van der Waals surface area contributed by atoms with Crippen LogP contribution >= 0.6 is 22.7 Å². The van der Waals surface area contributed by atoms with Gasteiger partial charge in [0, 0.05) is 41.0 Å². The molecule has 2 atom stereocenters. The summed E-state index contributed by atoms with van der Waals surface area (Å²) in [6.45, 7) is 4.51. The van der Waals surface area contributed by atoms with E-state index in [4.69, 9.17) is 0 Å². The molecule has 0 radical (unpaired) electrons. The van der Waals surface area contributed by atoms with Crippen LogP contribution in [0.1, 0.15) is 46.6 Å². The van der Waals surface area contributed by atoms with Crippen molar-refractivity contribution >= 4 is 28.2 Å². The number of rotatable bonds is 3. The Hall–Kier alpha value is -0.420. The molecule has 0 N–H and O–H groups in total. The summed E-state index contributed by atoms with van der Waals surface area (Å²) in [7, 11) is 4.91. The Kier molecular flexibility index (Phi) is 5.65. The van der Waals surface area contributed by atoms with Crippen molar-refractivity contribution < 1.29 is 21.5 Å². The Morgan fingerprint density at radius 2 is 1.44 bits per heavy atom. The standard InChI is InChI=1S/C21H28NS2.BrH/c1-14-7-9-23-20(14)19(21-15(2)8-10-24-21)13-16-11-17-5-6-18(12-16)22(17,3)4;/h7-10,13,16-18H,5-6,11-12H2,1-4H3;1H/q+1;/p-1/t17-,18-;/m0./s1. The highest BCUT2D eigenvalue weighted by Gasteiger charge is 2.48. The molecule has 0 aromatic carbocycles. The van der Waals surface area contributed by atoms with Crippen LogP contribution in [0, 0.1) is 19.8 Å². The van der Waals surface area contributed by atoms with Gasteiger partial charge in [-0.2, -0.15) is 0 Å². The van der Waals surface area contributed by atoms with Crippen molar-refractivity contribution in [1.82, 2.24) is 0 Å². The monoisotopic (exact) mass is 437 g/mol. The Bertz CT molecular complexity index is 712. The van der Waals surface area contributed by atoms with Crippen LogP contribution in [-0.2, 0) is 0 Å². The van der Waals surface area contributed by atoms with Crippen molar-refractivity contribution in [3.8, 4) is 0 Å². The Morgan fingerprint density at radius 1 is 0.960 bits per heavy atom. The zero-order valence-corrected chi connectivity index (χ0v) is 18.8. The van der Waals surface area contributed by atoms with Crippen molar-refractivity contribution in [1.29, 1.82) is 0 Å². The molecule has 1 nitrogen and oxygen atoms in total. The molecule has 2 bridgehead atoms. The van der Waals surface area contributed by atoms with E-state index in [1.54, 1.807) is 0 Å². The topological polar surface area (TPSA) is 0 Å². The fourth-order valence-electron chi connectivity index (χ4n) is 4.85.